The van der Waals surface area contributed by atoms with Crippen LogP contribution in [0, 0.1) is 0 Å². The van der Waals surface area contributed by atoms with Gasteiger partial charge in [-0.3, -0.25) is 13.9 Å². The van der Waals surface area contributed by atoms with Crippen LogP contribution in [0.3, 0.4) is 0 Å². The first-order valence-corrected chi connectivity index (χ1v) is 10.4. The highest BCUT2D eigenvalue weighted by Gasteiger charge is 2.51. The maximum absolute atomic E-state index is 12.9. The highest BCUT2D eigenvalue weighted by atomic mass is 35.5. The summed E-state index contributed by atoms with van der Waals surface area (Å²) in [5, 5.41) is -2.20. The smallest absolute Gasteiger partial charge is 0.308 e. The molecule has 126 valence electrons. The molecular formula is C11H23ClO7P2. The van der Waals surface area contributed by atoms with Crippen molar-refractivity contribution >= 4 is 32.0 Å². The fourth-order valence-corrected chi connectivity index (χ4v) is 7.29. The van der Waals surface area contributed by atoms with E-state index in [1.165, 1.54) is 0 Å². The summed E-state index contributed by atoms with van der Waals surface area (Å²) in [6.45, 7) is 6.67. The molecule has 10 heteroatoms. The molecule has 0 aromatic heterocycles. The molecule has 0 radical (unpaired) electrons. The van der Waals surface area contributed by atoms with Gasteiger partial charge < -0.3 is 18.1 Å². The minimum atomic E-state index is -3.88. The number of rotatable bonds is 12. The second-order valence-electron chi connectivity index (χ2n) is 3.79. The van der Waals surface area contributed by atoms with Crippen LogP contribution in [0.5, 0.6) is 0 Å². The van der Waals surface area contributed by atoms with Gasteiger partial charge in [0.05, 0.1) is 26.4 Å². The van der Waals surface area contributed by atoms with Gasteiger partial charge in [0.2, 0.25) is 5.24 Å². The van der Waals surface area contributed by atoms with E-state index in [9.17, 15) is 13.9 Å². The molecule has 0 aliphatic rings. The molecule has 0 unspecified atom stereocenters. The molecule has 0 saturated carbocycles. The molecule has 0 heterocycles. The summed E-state index contributed by atoms with van der Waals surface area (Å²) < 4.78 is 46.4. The standard InChI is InChI=1S/C11H23ClO7P2/c1-5-16-20(14,17-6-2)11(9-10(12)13)21(15,18-7-3)19-8-4/h11H,5-9H2,1-4H3. The van der Waals surface area contributed by atoms with Gasteiger partial charge in [-0.15, -0.1) is 0 Å². The van der Waals surface area contributed by atoms with Crippen molar-refractivity contribution in [1.29, 1.82) is 0 Å². The van der Waals surface area contributed by atoms with Crippen molar-refractivity contribution in [1.82, 2.24) is 0 Å². The molecule has 0 aliphatic heterocycles. The first-order chi connectivity index (χ1) is 9.79. The number of carbonyl (C=O) groups excluding carboxylic acids is 1. The zero-order valence-electron chi connectivity index (χ0n) is 12.7. The molecular weight excluding hydrogens is 342 g/mol. The van der Waals surface area contributed by atoms with Gasteiger partial charge in [-0.05, 0) is 39.3 Å². The number of carbonyl (C=O) groups is 1. The third kappa shape index (κ3) is 6.49. The molecule has 0 aliphatic carbocycles. The third-order valence-corrected chi connectivity index (χ3v) is 8.46. The maximum atomic E-state index is 12.9. The Bertz CT molecular complexity index is 365. The second kappa shape index (κ2) is 10.1. The van der Waals surface area contributed by atoms with E-state index in [0.717, 1.165) is 0 Å². The minimum absolute atomic E-state index is 0.0580. The fraction of sp³-hybridized carbons (Fsp3) is 0.909. The first kappa shape index (κ1) is 21.3. The molecule has 0 amide bonds. The van der Waals surface area contributed by atoms with Crippen LogP contribution in [0.25, 0.3) is 0 Å². The Hall–Kier alpha value is 0.260. The quantitative estimate of drug-likeness (QED) is 0.382. The van der Waals surface area contributed by atoms with Crippen LogP contribution < -0.4 is 0 Å². The van der Waals surface area contributed by atoms with Gasteiger partial charge in [0.25, 0.3) is 0 Å². The maximum Gasteiger partial charge on any atom is 0.346 e. The molecule has 0 N–H and O–H groups in total. The summed E-state index contributed by atoms with van der Waals surface area (Å²) >= 11 is 5.38. The van der Waals surface area contributed by atoms with Gasteiger partial charge in [-0.25, -0.2) is 0 Å². The lowest BCUT2D eigenvalue weighted by molar-refractivity contribution is -0.111. The van der Waals surface area contributed by atoms with Crippen molar-refractivity contribution in [3.8, 4) is 0 Å². The van der Waals surface area contributed by atoms with Crippen LogP contribution >= 0.6 is 26.8 Å². The highest BCUT2D eigenvalue weighted by Crippen LogP contribution is 2.71. The molecule has 0 spiro atoms. The van der Waals surface area contributed by atoms with E-state index in [4.69, 9.17) is 29.7 Å². The molecule has 0 fully saturated rings. The Labute approximate surface area is 130 Å². The Morgan fingerprint density at radius 2 is 1.14 bits per heavy atom. The van der Waals surface area contributed by atoms with Crippen LogP contribution in [0.1, 0.15) is 34.1 Å². The summed E-state index contributed by atoms with van der Waals surface area (Å²) in [5.41, 5.74) is 0. The Morgan fingerprint density at radius 1 is 0.857 bits per heavy atom. The Kier molecular flexibility index (Phi) is 10.2. The predicted molar refractivity (Wildman–Crippen MR) is 81.0 cm³/mol. The highest BCUT2D eigenvalue weighted by molar-refractivity contribution is 7.72. The number of halogens is 1. The monoisotopic (exact) mass is 364 g/mol. The van der Waals surface area contributed by atoms with E-state index in [0.29, 0.717) is 0 Å². The van der Waals surface area contributed by atoms with Crippen LogP contribution in [0.2, 0.25) is 0 Å². The van der Waals surface area contributed by atoms with Crippen molar-refractivity contribution in [3.05, 3.63) is 0 Å². The van der Waals surface area contributed by atoms with Crippen LogP contribution in [-0.2, 0) is 32.0 Å². The van der Waals surface area contributed by atoms with Gasteiger partial charge in [0.1, 0.15) is 0 Å². The normalized spacial score (nSPS) is 12.9. The largest absolute Gasteiger partial charge is 0.346 e. The van der Waals surface area contributed by atoms with Gasteiger partial charge >= 0.3 is 15.2 Å². The Morgan fingerprint density at radius 3 is 1.33 bits per heavy atom. The van der Waals surface area contributed by atoms with Crippen molar-refractivity contribution in [2.45, 2.75) is 39.5 Å². The lowest BCUT2D eigenvalue weighted by Gasteiger charge is -2.30. The van der Waals surface area contributed by atoms with E-state index in [2.05, 4.69) is 0 Å². The summed E-state index contributed by atoms with van der Waals surface area (Å²) in [4.78, 5) is 11.3. The molecule has 0 rings (SSSR count). The van der Waals surface area contributed by atoms with E-state index >= 15 is 0 Å². The number of hydrogen-bond donors (Lipinski definition) is 0. The minimum Gasteiger partial charge on any atom is -0.308 e. The lowest BCUT2D eigenvalue weighted by Crippen LogP contribution is -2.19. The second-order valence-corrected chi connectivity index (χ2v) is 9.06. The Balaban J connectivity index is 5.74. The predicted octanol–water partition coefficient (Wildman–Crippen LogP) is 4.00. The molecule has 0 bridgehead atoms. The zero-order valence-corrected chi connectivity index (χ0v) is 15.3. The fourth-order valence-electron chi connectivity index (χ4n) is 1.68. The van der Waals surface area contributed by atoms with Crippen molar-refractivity contribution in [2.75, 3.05) is 26.4 Å². The van der Waals surface area contributed by atoms with E-state index in [1.807, 2.05) is 0 Å². The average molecular weight is 365 g/mol. The molecule has 0 saturated heterocycles. The van der Waals surface area contributed by atoms with Gasteiger partial charge in [-0.2, -0.15) is 0 Å². The summed E-state index contributed by atoms with van der Waals surface area (Å²) in [7, 11) is -7.77. The van der Waals surface area contributed by atoms with Crippen LogP contribution in [-0.4, -0.2) is 37.1 Å². The number of hydrogen-bond acceptors (Lipinski definition) is 7. The van der Waals surface area contributed by atoms with Crippen molar-refractivity contribution in [3.63, 3.8) is 0 Å². The van der Waals surface area contributed by atoms with E-state index in [1.54, 1.807) is 27.7 Å². The SMILES string of the molecule is CCOP(=O)(OCC)C(CC(=O)Cl)P(=O)(OCC)OCC. The van der Waals surface area contributed by atoms with Crippen molar-refractivity contribution < 1.29 is 32.0 Å². The van der Waals surface area contributed by atoms with Gasteiger partial charge in [0, 0.05) is 6.42 Å². The summed E-state index contributed by atoms with van der Waals surface area (Å²) in [6.07, 6.45) is -0.490. The van der Waals surface area contributed by atoms with E-state index in [-0.39, 0.29) is 26.4 Å². The van der Waals surface area contributed by atoms with Gasteiger partial charge in [-0.1, -0.05) is 0 Å². The lowest BCUT2D eigenvalue weighted by atomic mass is 10.5. The molecule has 0 atom stereocenters. The van der Waals surface area contributed by atoms with Crippen molar-refractivity contribution in [2.24, 2.45) is 0 Å². The topological polar surface area (TPSA) is 88.1 Å². The molecule has 7 nitrogen and oxygen atoms in total. The molecule has 0 aromatic carbocycles. The third-order valence-electron chi connectivity index (χ3n) is 2.31. The zero-order chi connectivity index (χ0) is 16.5. The summed E-state index contributed by atoms with van der Waals surface area (Å²) in [5.74, 6) is 0. The van der Waals surface area contributed by atoms with Crippen LogP contribution in [0.4, 0.5) is 0 Å². The van der Waals surface area contributed by atoms with E-state index < -0.39 is 32.3 Å². The molecule has 21 heavy (non-hydrogen) atoms. The summed E-state index contributed by atoms with van der Waals surface area (Å²) in [6, 6.07) is 0. The van der Waals surface area contributed by atoms with Crippen LogP contribution in [0.15, 0.2) is 0 Å². The molecule has 0 aromatic rings. The first-order valence-electron chi connectivity index (χ1n) is 6.75. The van der Waals surface area contributed by atoms with Gasteiger partial charge in [0.15, 0.2) is 5.40 Å². The average Bonchev–Trinajstić information content (AvgIpc) is 2.36.